The van der Waals surface area contributed by atoms with Gasteiger partial charge in [-0.2, -0.15) is 13.2 Å². The Bertz CT molecular complexity index is 488. The number of carboxylic acid groups (broad SMARTS) is 1. The van der Waals surface area contributed by atoms with Gasteiger partial charge in [0, 0.05) is 6.54 Å². The summed E-state index contributed by atoms with van der Waals surface area (Å²) in [6.07, 6.45) is -6.76. The van der Waals surface area contributed by atoms with E-state index in [2.05, 4.69) is 4.74 Å². The molecule has 20 heavy (non-hydrogen) atoms. The lowest BCUT2D eigenvalue weighted by atomic mass is 10.2. The number of hydrogen-bond acceptors (Lipinski definition) is 5. The topological polar surface area (TPSA) is 101 Å². The summed E-state index contributed by atoms with van der Waals surface area (Å²) in [5, 5.41) is 8.64. The first-order chi connectivity index (χ1) is 9.00. The third-order valence-corrected chi connectivity index (χ3v) is 4.23. The monoisotopic (exact) mass is 319 g/mol. The van der Waals surface area contributed by atoms with Crippen LogP contribution in [-0.2, 0) is 19.4 Å². The summed E-state index contributed by atoms with van der Waals surface area (Å²) >= 11 is 0. The summed E-state index contributed by atoms with van der Waals surface area (Å²) in [7, 11) is -3.52. The van der Waals surface area contributed by atoms with Crippen molar-refractivity contribution < 1.29 is 41.0 Å². The summed E-state index contributed by atoms with van der Waals surface area (Å²) < 4.78 is 62.5. The normalized spacial score (nSPS) is 22.4. The second-order valence-electron chi connectivity index (χ2n) is 4.23. The third kappa shape index (κ3) is 5.23. The molecular formula is C9H12F3NO6S. The molecular weight excluding hydrogens is 307 g/mol. The highest BCUT2D eigenvalue weighted by Crippen LogP contribution is 2.19. The predicted molar refractivity (Wildman–Crippen MR) is 58.8 cm³/mol. The fraction of sp³-hybridized carbons (Fsp3) is 0.778. The van der Waals surface area contributed by atoms with Gasteiger partial charge >= 0.3 is 18.2 Å². The zero-order valence-corrected chi connectivity index (χ0v) is 10.9. The van der Waals surface area contributed by atoms with Gasteiger partial charge in [-0.15, -0.1) is 0 Å². The van der Waals surface area contributed by atoms with E-state index in [9.17, 15) is 31.2 Å². The van der Waals surface area contributed by atoms with Crippen molar-refractivity contribution in [2.45, 2.75) is 18.6 Å². The Morgan fingerprint density at radius 1 is 1.35 bits per heavy atom. The van der Waals surface area contributed by atoms with E-state index in [1.165, 1.54) is 0 Å². The Kier molecular flexibility index (Phi) is 4.84. The minimum atomic E-state index is -4.71. The van der Waals surface area contributed by atoms with E-state index in [1.807, 2.05) is 0 Å². The van der Waals surface area contributed by atoms with Gasteiger partial charge < -0.3 is 14.7 Å². The number of nitrogens with zero attached hydrogens (tertiary/aromatic N) is 1. The number of amides is 1. The first-order valence-electron chi connectivity index (χ1n) is 5.42. The number of alkyl halides is 3. The highest BCUT2D eigenvalue weighted by atomic mass is 32.2. The minimum absolute atomic E-state index is 0.392. The van der Waals surface area contributed by atoms with Crippen LogP contribution in [0.4, 0.5) is 18.0 Å². The van der Waals surface area contributed by atoms with Gasteiger partial charge in [-0.3, -0.25) is 4.79 Å². The summed E-state index contributed by atoms with van der Waals surface area (Å²) in [6.45, 7) is -2.20. The van der Waals surface area contributed by atoms with E-state index in [4.69, 9.17) is 5.11 Å². The van der Waals surface area contributed by atoms with Gasteiger partial charge in [-0.25, -0.2) is 13.2 Å². The average Bonchev–Trinajstić information content (AvgIpc) is 2.23. The lowest BCUT2D eigenvalue weighted by Gasteiger charge is -2.33. The molecule has 0 aromatic carbocycles. The zero-order valence-electron chi connectivity index (χ0n) is 10.1. The maximum absolute atomic E-state index is 11.9. The highest BCUT2D eigenvalue weighted by molar-refractivity contribution is 7.91. The van der Waals surface area contributed by atoms with Gasteiger partial charge in [0.25, 0.3) is 0 Å². The molecule has 0 aromatic heterocycles. The van der Waals surface area contributed by atoms with E-state index in [0.717, 1.165) is 0 Å². The van der Waals surface area contributed by atoms with Crippen molar-refractivity contribution in [1.82, 2.24) is 4.90 Å². The van der Waals surface area contributed by atoms with E-state index in [0.29, 0.717) is 4.90 Å². The molecule has 1 aliphatic heterocycles. The largest absolute Gasteiger partial charge is 0.481 e. The van der Waals surface area contributed by atoms with Crippen molar-refractivity contribution in [2.75, 3.05) is 24.7 Å². The van der Waals surface area contributed by atoms with Crippen LogP contribution in [0.25, 0.3) is 0 Å². The first kappa shape index (κ1) is 16.5. The molecule has 1 saturated heterocycles. The Balaban J connectivity index is 2.74. The molecule has 0 saturated carbocycles. The molecule has 1 amide bonds. The van der Waals surface area contributed by atoms with Crippen LogP contribution in [-0.4, -0.2) is 67.4 Å². The molecule has 0 aliphatic carbocycles. The molecule has 1 fully saturated rings. The molecule has 1 unspecified atom stereocenters. The number of halogens is 3. The van der Waals surface area contributed by atoms with Crippen LogP contribution in [0.5, 0.6) is 0 Å². The lowest BCUT2D eigenvalue weighted by Crippen LogP contribution is -2.52. The molecule has 0 aromatic rings. The number of carbonyl (C=O) groups is 2. The van der Waals surface area contributed by atoms with E-state index in [-0.39, 0.29) is 0 Å². The maximum atomic E-state index is 11.9. The molecule has 1 rings (SSSR count). The summed E-state index contributed by atoms with van der Waals surface area (Å²) in [5.41, 5.74) is 0. The van der Waals surface area contributed by atoms with Crippen LogP contribution in [0.15, 0.2) is 0 Å². The smallest absolute Gasteiger partial charge is 0.422 e. The van der Waals surface area contributed by atoms with Crippen molar-refractivity contribution in [3.63, 3.8) is 0 Å². The van der Waals surface area contributed by atoms with Gasteiger partial charge in [-0.05, 0) is 0 Å². The first-order valence-corrected chi connectivity index (χ1v) is 7.25. The van der Waals surface area contributed by atoms with Crippen LogP contribution in [0, 0.1) is 0 Å². The minimum Gasteiger partial charge on any atom is -0.481 e. The van der Waals surface area contributed by atoms with E-state index in [1.54, 1.807) is 0 Å². The molecule has 7 nitrogen and oxygen atoms in total. The molecule has 1 atom stereocenters. The number of rotatable bonds is 3. The number of carbonyl (C=O) groups excluding carboxylic acids is 1. The standard InChI is InChI=1S/C9H12F3NO6S/c10-9(11,12)5-19-8(16)13-1-2-20(17,18)4-6(13)3-7(14)15/h6H,1-5H2,(H,14,15). The lowest BCUT2D eigenvalue weighted by molar-refractivity contribution is -0.163. The Hall–Kier alpha value is -1.52. The van der Waals surface area contributed by atoms with Gasteiger partial charge in [0.05, 0.1) is 24.0 Å². The zero-order chi connectivity index (χ0) is 15.6. The fourth-order valence-electron chi connectivity index (χ4n) is 1.72. The number of hydrogen-bond donors (Lipinski definition) is 1. The predicted octanol–water partition coefficient (Wildman–Crippen LogP) is 0.259. The number of sulfone groups is 1. The van der Waals surface area contributed by atoms with Crippen molar-refractivity contribution in [2.24, 2.45) is 0 Å². The van der Waals surface area contributed by atoms with E-state index >= 15 is 0 Å². The van der Waals surface area contributed by atoms with Gasteiger partial charge in [0.1, 0.15) is 0 Å². The van der Waals surface area contributed by atoms with Crippen molar-refractivity contribution in [3.8, 4) is 0 Å². The van der Waals surface area contributed by atoms with Crippen LogP contribution >= 0.6 is 0 Å². The van der Waals surface area contributed by atoms with Crippen LogP contribution < -0.4 is 0 Å². The SMILES string of the molecule is O=C(O)CC1CS(=O)(=O)CCN1C(=O)OCC(F)(F)F. The number of carboxylic acids is 1. The molecule has 1 aliphatic rings. The molecule has 0 bridgehead atoms. The van der Waals surface area contributed by atoms with Crippen molar-refractivity contribution >= 4 is 21.9 Å². The molecule has 0 spiro atoms. The summed E-state index contributed by atoms with van der Waals surface area (Å²) in [5.74, 6) is -2.41. The average molecular weight is 319 g/mol. The fourth-order valence-corrected chi connectivity index (χ4v) is 3.25. The molecule has 116 valence electrons. The Labute approximate surface area is 112 Å². The quantitative estimate of drug-likeness (QED) is 0.801. The number of ether oxygens (including phenoxy) is 1. The molecule has 0 radical (unpaired) electrons. The third-order valence-electron chi connectivity index (χ3n) is 2.53. The maximum Gasteiger partial charge on any atom is 0.422 e. The van der Waals surface area contributed by atoms with Gasteiger partial charge in [-0.1, -0.05) is 0 Å². The summed E-state index contributed by atoms with van der Waals surface area (Å²) in [6, 6.07) is -1.23. The van der Waals surface area contributed by atoms with E-state index < -0.39 is 65.2 Å². The highest BCUT2D eigenvalue weighted by Gasteiger charge is 2.38. The van der Waals surface area contributed by atoms with Crippen LogP contribution in [0.2, 0.25) is 0 Å². The van der Waals surface area contributed by atoms with Gasteiger partial charge in [0.15, 0.2) is 16.4 Å². The Morgan fingerprint density at radius 3 is 2.45 bits per heavy atom. The second kappa shape index (κ2) is 5.85. The van der Waals surface area contributed by atoms with Crippen LogP contribution in [0.3, 0.4) is 0 Å². The summed E-state index contributed by atoms with van der Waals surface area (Å²) in [4.78, 5) is 22.8. The molecule has 1 heterocycles. The molecule has 11 heteroatoms. The second-order valence-corrected chi connectivity index (χ2v) is 6.46. The van der Waals surface area contributed by atoms with Crippen molar-refractivity contribution in [3.05, 3.63) is 0 Å². The van der Waals surface area contributed by atoms with Crippen molar-refractivity contribution in [1.29, 1.82) is 0 Å². The molecule has 1 N–H and O–H groups in total. The number of aliphatic carboxylic acids is 1. The Morgan fingerprint density at radius 2 is 1.95 bits per heavy atom. The van der Waals surface area contributed by atoms with Crippen LogP contribution in [0.1, 0.15) is 6.42 Å². The van der Waals surface area contributed by atoms with Gasteiger partial charge in [0.2, 0.25) is 0 Å².